The number of rotatable bonds is 11. The van der Waals surface area contributed by atoms with E-state index in [1.165, 1.54) is 64.5 Å². The highest BCUT2D eigenvalue weighted by atomic mass is 35.5. The lowest BCUT2D eigenvalue weighted by Gasteiger charge is -2.45. The van der Waals surface area contributed by atoms with Crippen molar-refractivity contribution >= 4 is 76.6 Å². The molecule has 4 aliphatic heterocycles. The zero-order chi connectivity index (χ0) is 71.0. The maximum atomic E-state index is 15.4. The molecule has 26 heteroatoms. The van der Waals surface area contributed by atoms with Crippen LogP contribution < -0.4 is 16.0 Å². The van der Waals surface area contributed by atoms with E-state index in [2.05, 4.69) is 16.0 Å². The van der Waals surface area contributed by atoms with Crippen LogP contribution in [0, 0.1) is 36.5 Å². The smallest absolute Gasteiger partial charge is 0.343 e. The summed E-state index contributed by atoms with van der Waals surface area (Å²) < 4.78 is 41.9. The number of benzene rings is 1. The molecule has 0 bridgehead atoms. The zero-order valence-corrected chi connectivity index (χ0v) is 59.6. The van der Waals surface area contributed by atoms with Crippen LogP contribution in [0.2, 0.25) is 0 Å². The minimum Gasteiger partial charge on any atom is -0.343 e. The van der Waals surface area contributed by atoms with Crippen LogP contribution in [0.15, 0.2) is 24.3 Å². The summed E-state index contributed by atoms with van der Waals surface area (Å²) in [7, 11) is 7.37. The third-order valence-electron chi connectivity index (χ3n) is 22.0. The van der Waals surface area contributed by atoms with Crippen molar-refractivity contribution < 1.29 is 65.9 Å². The fourth-order valence-electron chi connectivity index (χ4n) is 15.2. The first-order valence-electron chi connectivity index (χ1n) is 35.1. The molecule has 14 atom stereocenters. The molecule has 0 radical (unpaired) electrons. The average Bonchev–Trinajstić information content (AvgIpc) is 1.41. The van der Waals surface area contributed by atoms with Crippen molar-refractivity contribution in [2.24, 2.45) is 29.6 Å². The molecular weight excluding hydrogens is 1260 g/mol. The van der Waals surface area contributed by atoms with E-state index in [1.54, 1.807) is 18.9 Å². The predicted octanol–water partition coefficient (Wildman–Crippen LogP) is 6.21. The second-order valence-corrected chi connectivity index (χ2v) is 29.7. The number of hydrogen-bond donors (Lipinski definition) is 3. The summed E-state index contributed by atoms with van der Waals surface area (Å²) in [6, 6.07) is -2.34. The van der Waals surface area contributed by atoms with Gasteiger partial charge in [0.25, 0.3) is 0 Å². The molecule has 96 heavy (non-hydrogen) atoms. The number of aryl methyl sites for hydroxylation is 1. The number of fused-ring (bicyclic) bond motifs is 3. The van der Waals surface area contributed by atoms with Gasteiger partial charge in [-0.2, -0.15) is 13.2 Å². The summed E-state index contributed by atoms with van der Waals surface area (Å²) in [6.45, 7) is 14.6. The standard InChI is InChI=1S/C70H107ClF3N11O11/c1-14-43(6)58-66(94)79(10)45(8)62(90)85-35-30-53(85)65(93)81(12)55(38-47-24-22-42(5)23-25-47)64(92)78(9)40-56(86)75-51(29-27-46-26-28-49(50(71)37-46)70(72,73)74)63(91)84-34-19-21-52(84)61(89)77-69(31-16-17-32-69)68(96)82(13)59(44(7)15-2)67(95)83-33-18-20-48(83)39-57(87)80(11)54(36-41(3)4)60(88)76-58/h22-25,41,43-46,48-55,58-59H,14-21,26-40H2,1-13H3,(H,75,86)(H,76,88)(H,77,89)/t43-,44-,45-,46?,48+,49?,50?,51-,52-,53-,54-,55-,58-,59-/m0/s1. The van der Waals surface area contributed by atoms with Crippen molar-refractivity contribution in [2.45, 2.75) is 249 Å². The Morgan fingerprint density at radius 2 is 1.25 bits per heavy atom. The Kier molecular flexibility index (Phi) is 26.3. The molecule has 6 aliphatic rings. The van der Waals surface area contributed by atoms with Crippen molar-refractivity contribution in [3.8, 4) is 0 Å². The highest BCUT2D eigenvalue weighted by molar-refractivity contribution is 6.20. The predicted molar refractivity (Wildman–Crippen MR) is 356 cm³/mol. The zero-order valence-electron chi connectivity index (χ0n) is 58.8. The number of alkyl halides is 4. The van der Waals surface area contributed by atoms with Crippen LogP contribution in [0.5, 0.6) is 0 Å². The molecule has 2 saturated carbocycles. The molecule has 0 aromatic heterocycles. The number of amides is 11. The van der Waals surface area contributed by atoms with Gasteiger partial charge in [0.05, 0.1) is 12.5 Å². The summed E-state index contributed by atoms with van der Waals surface area (Å²) in [5.41, 5.74) is 0.138. The third-order valence-corrected chi connectivity index (χ3v) is 22.5. The van der Waals surface area contributed by atoms with Crippen molar-refractivity contribution in [3.63, 3.8) is 0 Å². The summed E-state index contributed by atoms with van der Waals surface area (Å²) in [5.74, 6) is -9.23. The quantitative estimate of drug-likeness (QED) is 0.210. The highest BCUT2D eigenvalue weighted by Gasteiger charge is 2.52. The Hall–Kier alpha value is -6.53. The molecule has 1 aromatic carbocycles. The molecule has 4 heterocycles. The molecule has 11 amide bonds. The highest BCUT2D eigenvalue weighted by Crippen LogP contribution is 2.44. The molecule has 1 aromatic rings. The van der Waals surface area contributed by atoms with Crippen LogP contribution in [0.4, 0.5) is 13.2 Å². The van der Waals surface area contributed by atoms with Gasteiger partial charge in [0.1, 0.15) is 53.9 Å². The summed E-state index contributed by atoms with van der Waals surface area (Å²) in [6.07, 6.45) is 0.0260. The molecule has 22 nitrogen and oxygen atoms in total. The van der Waals surface area contributed by atoms with E-state index in [0.717, 1.165) is 10.5 Å². The number of hydrogen-bond acceptors (Lipinski definition) is 11. The average molecular weight is 1370 g/mol. The van der Waals surface area contributed by atoms with Crippen molar-refractivity contribution in [1.29, 1.82) is 0 Å². The molecule has 4 saturated heterocycles. The normalized spacial score (nSPS) is 30.5. The van der Waals surface area contributed by atoms with Crippen LogP contribution in [-0.2, 0) is 59.2 Å². The number of nitrogens with one attached hydrogen (secondary N) is 3. The van der Waals surface area contributed by atoms with Gasteiger partial charge in [-0.05, 0) is 127 Å². The van der Waals surface area contributed by atoms with E-state index in [4.69, 9.17) is 11.6 Å². The first-order chi connectivity index (χ1) is 45.2. The third kappa shape index (κ3) is 17.7. The topological polar surface area (TPSA) is 250 Å². The lowest BCUT2D eigenvalue weighted by Crippen LogP contribution is -2.65. The molecule has 6 fully saturated rings. The van der Waals surface area contributed by atoms with Gasteiger partial charge in [0.15, 0.2) is 0 Å². The fraction of sp³-hybridized carbons (Fsp3) is 0.757. The van der Waals surface area contributed by atoms with Gasteiger partial charge in [0.2, 0.25) is 65.0 Å². The molecule has 7 rings (SSSR count). The van der Waals surface area contributed by atoms with Crippen LogP contribution >= 0.6 is 11.6 Å². The Balaban J connectivity index is 1.25. The van der Waals surface area contributed by atoms with Gasteiger partial charge in [-0.25, -0.2) is 0 Å². The van der Waals surface area contributed by atoms with E-state index >= 15 is 14.4 Å². The summed E-state index contributed by atoms with van der Waals surface area (Å²) in [5, 5.41) is 7.67. The Bertz CT molecular complexity index is 2990. The van der Waals surface area contributed by atoms with E-state index in [0.29, 0.717) is 57.1 Å². The van der Waals surface area contributed by atoms with Crippen molar-refractivity contribution in [3.05, 3.63) is 35.4 Å². The minimum absolute atomic E-state index is 0.00623. The molecule has 3 unspecified atom stereocenters. The van der Waals surface area contributed by atoms with Crippen LogP contribution in [0.3, 0.4) is 0 Å². The fourth-order valence-corrected chi connectivity index (χ4v) is 15.8. The van der Waals surface area contributed by atoms with Crippen LogP contribution in [0.25, 0.3) is 0 Å². The van der Waals surface area contributed by atoms with Gasteiger partial charge in [-0.1, -0.05) is 97.1 Å². The van der Waals surface area contributed by atoms with Gasteiger partial charge in [-0.3, -0.25) is 52.7 Å². The second kappa shape index (κ2) is 32.9. The van der Waals surface area contributed by atoms with E-state index in [-0.39, 0.29) is 108 Å². The van der Waals surface area contributed by atoms with E-state index < -0.39 is 155 Å². The minimum atomic E-state index is -4.50. The SMILES string of the molecule is CC[C@H](C)[C@@H]1NC(=O)[C@H](CC(C)C)N(C)C(=O)C[C@H]2CCCN2C(=O)[C@H]([C@@H](C)CC)N(C)C(=O)C2(CCCC2)NC(=O)[C@@H]2CCCN2C(=O)[C@H](CCC2CCC(C(F)(F)F)C(Cl)C2)NC(=O)CN(C)C(=O)[C@H](Cc2ccc(C)cc2)N(C)C(=O)[C@@H]2CCN2C(=O)[C@H](C)N(C)C1=O. The Morgan fingerprint density at radius 3 is 1.84 bits per heavy atom. The maximum absolute atomic E-state index is 15.4. The van der Waals surface area contributed by atoms with Crippen molar-refractivity contribution in [2.75, 3.05) is 61.4 Å². The first-order valence-corrected chi connectivity index (χ1v) is 35.5. The Labute approximate surface area is 570 Å². The molecule has 3 N–H and O–H groups in total. The van der Waals surface area contributed by atoms with Gasteiger partial charge in [-0.15, -0.1) is 11.6 Å². The van der Waals surface area contributed by atoms with E-state index in [9.17, 15) is 51.5 Å². The Morgan fingerprint density at radius 1 is 0.625 bits per heavy atom. The molecule has 1 spiro atoms. The number of likely N-dealkylation sites (N-methyl/N-ethyl adjacent to an activating group) is 5. The molecular formula is C70H107ClF3N11O11. The summed E-state index contributed by atoms with van der Waals surface area (Å²) >= 11 is 6.39. The lowest BCUT2D eigenvalue weighted by molar-refractivity contribution is -0.182. The van der Waals surface area contributed by atoms with Crippen molar-refractivity contribution in [1.82, 2.24) is 55.1 Å². The van der Waals surface area contributed by atoms with Gasteiger partial charge < -0.3 is 55.1 Å². The second-order valence-electron chi connectivity index (χ2n) is 29.1. The maximum Gasteiger partial charge on any atom is 0.393 e. The largest absolute Gasteiger partial charge is 0.393 e. The monoisotopic (exact) mass is 1370 g/mol. The molecule has 536 valence electrons. The number of halogens is 4. The number of carbonyl (C=O) groups is 11. The van der Waals surface area contributed by atoms with Gasteiger partial charge in [0, 0.05) is 79.1 Å². The van der Waals surface area contributed by atoms with E-state index in [1.807, 2.05) is 65.8 Å². The van der Waals surface area contributed by atoms with Crippen LogP contribution in [0.1, 0.15) is 175 Å². The van der Waals surface area contributed by atoms with Gasteiger partial charge >= 0.3 is 6.18 Å². The lowest BCUT2D eigenvalue weighted by atomic mass is 9.78. The number of nitrogens with zero attached hydrogens (tertiary/aromatic N) is 8. The first kappa shape index (κ1) is 76.8. The molecule has 2 aliphatic carbocycles. The van der Waals surface area contributed by atoms with Crippen LogP contribution in [-0.4, -0.2) is 237 Å². The summed E-state index contributed by atoms with van der Waals surface area (Å²) in [4.78, 5) is 175. The number of carbonyl (C=O) groups excluding carboxylic acids is 11.